The predicted molar refractivity (Wildman–Crippen MR) is 124 cm³/mol. The minimum Gasteiger partial charge on any atom is -0.358 e. The highest BCUT2D eigenvalue weighted by molar-refractivity contribution is 7.80. The monoisotopic (exact) mass is 427 g/mol. The van der Waals surface area contributed by atoms with Gasteiger partial charge in [0.25, 0.3) is 5.91 Å². The van der Waals surface area contributed by atoms with Crippen LogP contribution >= 0.6 is 12.2 Å². The van der Waals surface area contributed by atoms with Crippen molar-refractivity contribution in [2.45, 2.75) is 66.5 Å². The minimum atomic E-state index is -0.227. The summed E-state index contributed by atoms with van der Waals surface area (Å²) in [5.74, 6) is 1.01. The largest absolute Gasteiger partial charge is 0.358 e. The maximum absolute atomic E-state index is 12.8. The SMILES string of the molecule is Cc1ccc(Cn2nc(C)c(C(=O)NNC(=S)N[C@@H]3CCC[C@@H](C)[C@@H]3C)c2C)cc1. The molecule has 1 aromatic heterocycles. The summed E-state index contributed by atoms with van der Waals surface area (Å²) in [4.78, 5) is 12.8. The third-order valence-electron chi connectivity index (χ3n) is 6.37. The number of nitrogens with zero attached hydrogens (tertiary/aromatic N) is 2. The zero-order valence-corrected chi connectivity index (χ0v) is 19.4. The summed E-state index contributed by atoms with van der Waals surface area (Å²) in [6, 6.07) is 8.68. The molecule has 1 aliphatic rings. The smallest absolute Gasteiger partial charge is 0.273 e. The molecule has 1 amide bonds. The van der Waals surface area contributed by atoms with E-state index in [9.17, 15) is 4.79 Å². The summed E-state index contributed by atoms with van der Waals surface area (Å²) >= 11 is 5.41. The average molecular weight is 428 g/mol. The van der Waals surface area contributed by atoms with Crippen molar-refractivity contribution in [3.8, 4) is 0 Å². The van der Waals surface area contributed by atoms with Gasteiger partial charge in [-0.15, -0.1) is 0 Å². The Morgan fingerprint density at radius 3 is 2.53 bits per heavy atom. The highest BCUT2D eigenvalue weighted by Crippen LogP contribution is 2.29. The second-order valence-corrected chi connectivity index (χ2v) is 9.02. The van der Waals surface area contributed by atoms with E-state index in [0.29, 0.717) is 40.8 Å². The number of benzene rings is 1. The van der Waals surface area contributed by atoms with Gasteiger partial charge in [0.1, 0.15) is 0 Å². The molecule has 0 saturated heterocycles. The van der Waals surface area contributed by atoms with Gasteiger partial charge < -0.3 is 5.32 Å². The van der Waals surface area contributed by atoms with Crippen LogP contribution in [0.3, 0.4) is 0 Å². The molecule has 1 heterocycles. The molecule has 30 heavy (non-hydrogen) atoms. The van der Waals surface area contributed by atoms with Crippen LogP contribution in [0.1, 0.15) is 66.0 Å². The van der Waals surface area contributed by atoms with Crippen LogP contribution < -0.4 is 16.2 Å². The molecule has 6 nitrogen and oxygen atoms in total. The van der Waals surface area contributed by atoms with Crippen molar-refractivity contribution in [1.82, 2.24) is 25.9 Å². The van der Waals surface area contributed by atoms with Gasteiger partial charge in [-0.3, -0.25) is 20.3 Å². The van der Waals surface area contributed by atoms with Crippen molar-refractivity contribution in [3.05, 3.63) is 52.3 Å². The van der Waals surface area contributed by atoms with Gasteiger partial charge in [0.2, 0.25) is 0 Å². The lowest BCUT2D eigenvalue weighted by Crippen LogP contribution is -2.52. The van der Waals surface area contributed by atoms with E-state index in [1.807, 2.05) is 18.5 Å². The molecule has 0 aliphatic heterocycles. The molecular weight excluding hydrogens is 394 g/mol. The predicted octanol–water partition coefficient (Wildman–Crippen LogP) is 3.79. The number of aromatic nitrogens is 2. The summed E-state index contributed by atoms with van der Waals surface area (Å²) < 4.78 is 1.87. The molecule has 0 radical (unpaired) electrons. The third kappa shape index (κ3) is 5.19. The van der Waals surface area contributed by atoms with Gasteiger partial charge in [-0.1, -0.05) is 56.5 Å². The van der Waals surface area contributed by atoms with E-state index in [1.165, 1.54) is 18.4 Å². The number of hydrazine groups is 1. The molecule has 3 N–H and O–H groups in total. The quantitative estimate of drug-likeness (QED) is 0.512. The summed E-state index contributed by atoms with van der Waals surface area (Å²) in [6.45, 7) is 11.0. The van der Waals surface area contributed by atoms with Crippen molar-refractivity contribution in [3.63, 3.8) is 0 Å². The number of aryl methyl sites for hydroxylation is 2. The Hall–Kier alpha value is -2.41. The Morgan fingerprint density at radius 1 is 1.13 bits per heavy atom. The molecule has 0 spiro atoms. The van der Waals surface area contributed by atoms with Gasteiger partial charge in [0.15, 0.2) is 5.11 Å². The molecule has 0 bridgehead atoms. The van der Waals surface area contributed by atoms with Crippen molar-refractivity contribution in [2.24, 2.45) is 11.8 Å². The molecule has 162 valence electrons. The fourth-order valence-electron chi connectivity index (χ4n) is 4.21. The van der Waals surface area contributed by atoms with Crippen LogP contribution in [0.4, 0.5) is 0 Å². The van der Waals surface area contributed by atoms with Gasteiger partial charge in [0.05, 0.1) is 17.8 Å². The fraction of sp³-hybridized carbons (Fsp3) is 0.522. The van der Waals surface area contributed by atoms with E-state index in [2.05, 4.69) is 66.3 Å². The standard InChI is InChI=1S/C23H33N5OS/c1-14-9-11-19(12-10-14)13-28-18(5)21(17(4)27-28)22(29)25-26-23(30)24-20-8-6-7-15(2)16(20)3/h9-12,15-16,20H,6-8,13H2,1-5H3,(H,25,29)(H2,24,26,30)/t15-,16+,20-/m1/s1. The van der Waals surface area contributed by atoms with E-state index in [0.717, 1.165) is 17.7 Å². The molecule has 3 atom stereocenters. The lowest BCUT2D eigenvalue weighted by molar-refractivity contribution is 0.0942. The van der Waals surface area contributed by atoms with E-state index < -0.39 is 0 Å². The topological polar surface area (TPSA) is 71.0 Å². The van der Waals surface area contributed by atoms with E-state index in [1.54, 1.807) is 0 Å². The maximum Gasteiger partial charge on any atom is 0.273 e. The zero-order valence-electron chi connectivity index (χ0n) is 18.6. The van der Waals surface area contributed by atoms with Gasteiger partial charge >= 0.3 is 0 Å². The second-order valence-electron chi connectivity index (χ2n) is 8.62. The van der Waals surface area contributed by atoms with Crippen LogP contribution in [-0.4, -0.2) is 26.8 Å². The number of amides is 1. The van der Waals surface area contributed by atoms with Crippen LogP contribution in [0.2, 0.25) is 0 Å². The van der Waals surface area contributed by atoms with Crippen LogP contribution in [0.15, 0.2) is 24.3 Å². The Labute approximate surface area is 184 Å². The Balaban J connectivity index is 1.59. The van der Waals surface area contributed by atoms with Crippen LogP contribution in [-0.2, 0) is 6.54 Å². The summed E-state index contributed by atoms with van der Waals surface area (Å²) in [5.41, 5.74) is 10.1. The number of nitrogens with one attached hydrogen (secondary N) is 3. The number of hydrogen-bond donors (Lipinski definition) is 3. The Kier molecular flexibility index (Phi) is 7.13. The second kappa shape index (κ2) is 9.60. The molecule has 0 unspecified atom stereocenters. The van der Waals surface area contributed by atoms with Gasteiger partial charge in [0, 0.05) is 11.7 Å². The fourth-order valence-corrected chi connectivity index (χ4v) is 4.41. The lowest BCUT2D eigenvalue weighted by Gasteiger charge is -2.35. The van der Waals surface area contributed by atoms with Crippen LogP contribution in [0, 0.1) is 32.6 Å². The van der Waals surface area contributed by atoms with Gasteiger partial charge in [-0.05, 0) is 56.8 Å². The normalized spacial score (nSPS) is 21.2. The van der Waals surface area contributed by atoms with E-state index in [4.69, 9.17) is 12.2 Å². The number of carbonyl (C=O) groups excluding carboxylic acids is 1. The summed E-state index contributed by atoms with van der Waals surface area (Å²) in [7, 11) is 0. The Morgan fingerprint density at radius 2 is 1.83 bits per heavy atom. The maximum atomic E-state index is 12.8. The van der Waals surface area contributed by atoms with E-state index >= 15 is 0 Å². The Bertz CT molecular complexity index is 905. The molecule has 1 saturated carbocycles. The molecule has 7 heteroatoms. The number of rotatable bonds is 4. The number of thiocarbonyl (C=S) groups is 1. The minimum absolute atomic E-state index is 0.227. The zero-order chi connectivity index (χ0) is 21.8. The molecule has 3 rings (SSSR count). The third-order valence-corrected chi connectivity index (χ3v) is 6.59. The first kappa shape index (κ1) is 22.3. The first-order chi connectivity index (χ1) is 14.3. The lowest BCUT2D eigenvalue weighted by atomic mass is 9.78. The van der Waals surface area contributed by atoms with E-state index in [-0.39, 0.29) is 5.91 Å². The molecule has 1 aromatic carbocycles. The molecule has 1 fully saturated rings. The molecule has 1 aliphatic carbocycles. The highest BCUT2D eigenvalue weighted by Gasteiger charge is 2.27. The highest BCUT2D eigenvalue weighted by atomic mass is 32.1. The van der Waals surface area contributed by atoms with Gasteiger partial charge in [-0.25, -0.2) is 0 Å². The van der Waals surface area contributed by atoms with Crippen molar-refractivity contribution in [2.75, 3.05) is 0 Å². The first-order valence-corrected chi connectivity index (χ1v) is 11.1. The average Bonchev–Trinajstić information content (AvgIpc) is 2.98. The first-order valence-electron chi connectivity index (χ1n) is 10.7. The van der Waals surface area contributed by atoms with Crippen molar-refractivity contribution >= 4 is 23.2 Å². The van der Waals surface area contributed by atoms with Gasteiger partial charge in [-0.2, -0.15) is 5.10 Å². The summed E-state index contributed by atoms with van der Waals surface area (Å²) in [5, 5.41) is 8.39. The van der Waals surface area contributed by atoms with Crippen molar-refractivity contribution < 1.29 is 4.79 Å². The summed E-state index contributed by atoms with van der Waals surface area (Å²) in [6.07, 6.45) is 3.57. The number of hydrogen-bond acceptors (Lipinski definition) is 3. The molecule has 2 aromatic rings. The van der Waals surface area contributed by atoms with Crippen molar-refractivity contribution in [1.29, 1.82) is 0 Å². The van der Waals surface area contributed by atoms with Crippen LogP contribution in [0.5, 0.6) is 0 Å². The number of carbonyl (C=O) groups is 1. The van der Waals surface area contributed by atoms with Crippen LogP contribution in [0.25, 0.3) is 0 Å². The molecular formula is C23H33N5OS.